The van der Waals surface area contributed by atoms with Gasteiger partial charge in [-0.3, -0.25) is 4.98 Å². The summed E-state index contributed by atoms with van der Waals surface area (Å²) in [6.07, 6.45) is 1.61. The molecule has 0 fully saturated rings. The third kappa shape index (κ3) is 2.74. The Morgan fingerprint density at radius 2 is 2.08 bits per heavy atom. The molecule has 0 spiro atoms. The van der Waals surface area contributed by atoms with Crippen LogP contribution in [0.1, 0.15) is 0 Å². The van der Waals surface area contributed by atoms with Gasteiger partial charge in [0.15, 0.2) is 0 Å². The molecule has 0 saturated carbocycles. The van der Waals surface area contributed by atoms with Crippen LogP contribution in [0, 0.1) is 12.4 Å². The summed E-state index contributed by atoms with van der Waals surface area (Å²) in [5.41, 5.74) is 0. The summed E-state index contributed by atoms with van der Waals surface area (Å²) in [5.74, 6) is -0.223. The van der Waals surface area contributed by atoms with Gasteiger partial charge in [0, 0.05) is 11.5 Å². The maximum absolute atomic E-state index is 13.0. The number of aromatic nitrogens is 1. The molecule has 0 atom stereocenters. The molecule has 0 saturated heterocycles. The van der Waals surface area contributed by atoms with Gasteiger partial charge in [-0.2, -0.15) is 0 Å². The molecule has 1 aromatic heterocycles. The summed E-state index contributed by atoms with van der Waals surface area (Å²) in [6, 6.07) is 3.03. The molecule has 1 rings (SSSR count). The minimum absolute atomic E-state index is 0. The molecule has 0 N–H and O–H groups in total. The number of hydrogen-bond donors (Lipinski definition) is 0. The molecule has 0 amide bonds. The summed E-state index contributed by atoms with van der Waals surface area (Å²) in [4.78, 5) is 3.97. The number of pyridine rings is 1. The Bertz CT molecular complexity index is 259. The van der Waals surface area contributed by atoms with E-state index >= 15 is 0 Å². The quantitative estimate of drug-likeness (QED) is 0.374. The molecule has 1 aromatic rings. The molecular weight excluding hydrogens is 164 g/mol. The molecule has 0 bridgehead atoms. The maximum atomic E-state index is 13.0. The molecule has 0 unspecified atom stereocenters. The summed E-state index contributed by atoms with van der Waals surface area (Å²) in [7, 11) is -1.81. The molecule has 0 aliphatic carbocycles. The molecule has 0 aliphatic heterocycles. The van der Waals surface area contributed by atoms with Gasteiger partial charge in [0.25, 0.3) is 0 Å². The van der Waals surface area contributed by atoms with Crippen LogP contribution in [0.2, 0.25) is 13.1 Å². The number of rotatable bonds is 1. The van der Waals surface area contributed by atoms with E-state index in [4.69, 9.17) is 0 Å². The molecule has 0 radical (unpaired) electrons. The van der Waals surface area contributed by atoms with Crippen molar-refractivity contribution in [1.82, 2.24) is 4.98 Å². The van der Waals surface area contributed by atoms with Crippen molar-refractivity contribution in [2.45, 2.75) is 13.1 Å². The van der Waals surface area contributed by atoms with Crippen molar-refractivity contribution in [2.24, 2.45) is 0 Å². The zero-order valence-electron chi connectivity index (χ0n) is 7.76. The first-order valence-electron chi connectivity index (χ1n) is 3.48. The van der Waals surface area contributed by atoms with Crippen molar-refractivity contribution in [3.05, 3.63) is 30.7 Å². The van der Waals surface area contributed by atoms with E-state index in [1.807, 2.05) is 13.1 Å². The Labute approximate surface area is 85.6 Å². The van der Waals surface area contributed by atoms with Gasteiger partial charge in [0.2, 0.25) is 0 Å². The minimum atomic E-state index is -1.81. The summed E-state index contributed by atoms with van der Waals surface area (Å²) in [5, 5.41) is 0.556. The fourth-order valence-electron chi connectivity index (χ4n) is 0.884. The first kappa shape index (κ1) is 11.9. The van der Waals surface area contributed by atoms with Gasteiger partial charge in [-0.05, 0) is 20.2 Å². The van der Waals surface area contributed by atoms with Crippen LogP contribution in [0.5, 0.6) is 0 Å². The van der Waals surface area contributed by atoms with E-state index in [9.17, 15) is 4.39 Å². The van der Waals surface area contributed by atoms with Crippen LogP contribution < -0.4 is 24.2 Å². The fourth-order valence-corrected chi connectivity index (χ4v) is 2.04. The SMILES string of the molecule is [CH2-][Si](C)(C)c1ncccc1F.[Li+]. The van der Waals surface area contributed by atoms with Gasteiger partial charge in [-0.25, -0.2) is 4.39 Å². The van der Waals surface area contributed by atoms with Crippen molar-refractivity contribution in [1.29, 1.82) is 0 Å². The van der Waals surface area contributed by atoms with E-state index in [0.29, 0.717) is 5.32 Å². The van der Waals surface area contributed by atoms with Crippen LogP contribution in [-0.2, 0) is 0 Å². The predicted molar refractivity (Wildman–Crippen MR) is 46.7 cm³/mol. The van der Waals surface area contributed by atoms with Crippen LogP contribution in [0.4, 0.5) is 4.39 Å². The largest absolute Gasteiger partial charge is 1.00 e. The van der Waals surface area contributed by atoms with Crippen LogP contribution in [0.3, 0.4) is 0 Å². The van der Waals surface area contributed by atoms with Crippen LogP contribution in [0.25, 0.3) is 0 Å². The molecule has 1 nitrogen and oxygen atoms in total. The number of nitrogens with zero attached hydrogens (tertiary/aromatic N) is 1. The monoisotopic (exact) mass is 175 g/mol. The van der Waals surface area contributed by atoms with Gasteiger partial charge in [0.1, 0.15) is 5.82 Å². The Kier molecular flexibility index (Phi) is 4.18. The summed E-state index contributed by atoms with van der Waals surface area (Å²) in [6.45, 7) is 7.88. The average molecular weight is 175 g/mol. The summed E-state index contributed by atoms with van der Waals surface area (Å²) >= 11 is 0. The van der Waals surface area contributed by atoms with Crippen molar-refractivity contribution in [2.75, 3.05) is 0 Å². The van der Waals surface area contributed by atoms with E-state index in [1.165, 1.54) is 6.07 Å². The molecule has 60 valence electrons. The van der Waals surface area contributed by atoms with Gasteiger partial charge in [0.05, 0.1) is 0 Å². The van der Waals surface area contributed by atoms with E-state index in [0.717, 1.165) is 0 Å². The Hall–Kier alpha value is -0.106. The van der Waals surface area contributed by atoms with Gasteiger partial charge in [-0.1, -0.05) is 13.1 Å². The predicted octanol–water partition coefficient (Wildman–Crippen LogP) is -1.49. The number of halogens is 1. The van der Waals surface area contributed by atoms with Crippen LogP contribution in [0.15, 0.2) is 18.3 Å². The molecule has 0 aliphatic rings. The Morgan fingerprint density at radius 1 is 1.50 bits per heavy atom. The summed E-state index contributed by atoms with van der Waals surface area (Å²) < 4.78 is 13.0. The van der Waals surface area contributed by atoms with Crippen molar-refractivity contribution >= 4 is 13.4 Å². The first-order chi connectivity index (χ1) is 5.02. The maximum Gasteiger partial charge on any atom is 1.00 e. The Balaban J connectivity index is 0.00000121. The molecular formula is C8H11FLiNSi. The van der Waals surface area contributed by atoms with Crippen molar-refractivity contribution in [3.8, 4) is 0 Å². The van der Waals surface area contributed by atoms with Crippen LogP contribution >= 0.6 is 0 Å². The second-order valence-electron chi connectivity index (χ2n) is 3.22. The third-order valence-corrected chi connectivity index (χ3v) is 3.05. The van der Waals surface area contributed by atoms with E-state index in [1.54, 1.807) is 12.3 Å². The zero-order chi connectivity index (χ0) is 8.48. The van der Waals surface area contributed by atoms with Gasteiger partial charge >= 0.3 is 18.9 Å². The minimum Gasteiger partial charge on any atom is -0.336 e. The van der Waals surface area contributed by atoms with Crippen molar-refractivity contribution < 1.29 is 23.3 Å². The fraction of sp³-hybridized carbons (Fsp3) is 0.250. The van der Waals surface area contributed by atoms with Crippen molar-refractivity contribution in [3.63, 3.8) is 0 Å². The average Bonchev–Trinajstić information content (AvgIpc) is 1.86. The van der Waals surface area contributed by atoms with E-state index in [2.05, 4.69) is 11.5 Å². The first-order valence-corrected chi connectivity index (χ1v) is 6.69. The van der Waals surface area contributed by atoms with Gasteiger partial charge < -0.3 is 6.55 Å². The van der Waals surface area contributed by atoms with E-state index in [-0.39, 0.29) is 24.7 Å². The topological polar surface area (TPSA) is 12.9 Å². The van der Waals surface area contributed by atoms with Gasteiger partial charge in [-0.15, -0.1) is 0 Å². The molecule has 0 aromatic carbocycles. The van der Waals surface area contributed by atoms with E-state index < -0.39 is 8.07 Å². The number of hydrogen-bond acceptors (Lipinski definition) is 1. The molecule has 12 heavy (non-hydrogen) atoms. The zero-order valence-corrected chi connectivity index (χ0v) is 8.76. The second kappa shape index (κ2) is 4.22. The Morgan fingerprint density at radius 3 is 2.42 bits per heavy atom. The standard InChI is InChI=1S/C8H11FNSi.Li/c1-11(2,3)8-7(9)5-4-6-10-8;/h4-6H,1H2,2-3H3;/q-1;+1. The molecule has 1 heterocycles. The third-order valence-electron chi connectivity index (χ3n) is 1.40. The van der Waals surface area contributed by atoms with Crippen LogP contribution in [-0.4, -0.2) is 13.1 Å². The second-order valence-corrected chi connectivity index (χ2v) is 7.46. The smallest absolute Gasteiger partial charge is 0.336 e. The normalized spacial score (nSPS) is 10.7. The molecule has 4 heteroatoms.